The fourth-order valence-electron chi connectivity index (χ4n) is 1.46. The lowest BCUT2D eigenvalue weighted by Gasteiger charge is -2.01. The van der Waals surface area contributed by atoms with Crippen LogP contribution in [0, 0.1) is 6.57 Å². The maximum absolute atomic E-state index is 11.4. The van der Waals surface area contributed by atoms with Crippen LogP contribution >= 0.6 is 0 Å². The Morgan fingerprint density at radius 3 is 3.00 bits per heavy atom. The van der Waals surface area contributed by atoms with Crippen LogP contribution in [0.15, 0.2) is 18.2 Å². The minimum absolute atomic E-state index is 0.371. The Balaban J connectivity index is 2.62. The van der Waals surface area contributed by atoms with Gasteiger partial charge in [-0.15, -0.1) is 0 Å². The normalized spacial score (nSPS) is 18.3. The molecule has 0 bridgehead atoms. The number of esters is 1. The molecule has 14 heavy (non-hydrogen) atoms. The summed E-state index contributed by atoms with van der Waals surface area (Å²) in [4.78, 5) is 14.6. The molecule has 0 saturated carbocycles. The van der Waals surface area contributed by atoms with E-state index in [-0.39, 0.29) is 0 Å². The summed E-state index contributed by atoms with van der Waals surface area (Å²) in [7, 11) is 1.48. The third-order valence-electron chi connectivity index (χ3n) is 2.08. The zero-order valence-electron chi connectivity index (χ0n) is 7.48. The average Bonchev–Trinajstić information content (AvgIpc) is 2.55. The van der Waals surface area contributed by atoms with E-state index in [9.17, 15) is 4.79 Å². The fourth-order valence-corrected chi connectivity index (χ4v) is 1.46. The Labute approximate surface area is 80.9 Å². The SMILES string of the molecule is [C-]#[N+]C1OC(=O)c2c(OC)cccc21. The summed E-state index contributed by atoms with van der Waals surface area (Å²) in [5, 5.41) is 0. The predicted molar refractivity (Wildman–Crippen MR) is 47.8 cm³/mol. The van der Waals surface area contributed by atoms with E-state index >= 15 is 0 Å². The molecule has 2 rings (SSSR count). The van der Waals surface area contributed by atoms with Crippen molar-refractivity contribution in [3.63, 3.8) is 0 Å². The van der Waals surface area contributed by atoms with Crippen molar-refractivity contribution in [2.75, 3.05) is 7.11 Å². The molecule has 0 amide bonds. The zero-order valence-corrected chi connectivity index (χ0v) is 7.48. The van der Waals surface area contributed by atoms with Gasteiger partial charge in [0, 0.05) is 0 Å². The molecular formula is C10H7NO3. The van der Waals surface area contributed by atoms with Gasteiger partial charge in [-0.1, -0.05) is 6.07 Å². The van der Waals surface area contributed by atoms with Crippen molar-refractivity contribution in [2.24, 2.45) is 0 Å². The second-order valence-electron chi connectivity index (χ2n) is 2.81. The monoisotopic (exact) mass is 189 g/mol. The summed E-state index contributed by atoms with van der Waals surface area (Å²) in [5.74, 6) is -0.0305. The summed E-state index contributed by atoms with van der Waals surface area (Å²) in [6, 6.07) is 5.11. The van der Waals surface area contributed by atoms with Gasteiger partial charge in [0.15, 0.2) is 0 Å². The first-order valence-corrected chi connectivity index (χ1v) is 4.02. The number of ether oxygens (including phenoxy) is 2. The number of cyclic esters (lactones) is 1. The molecule has 1 aliphatic heterocycles. The van der Waals surface area contributed by atoms with Crippen molar-refractivity contribution >= 4 is 5.97 Å². The molecule has 0 saturated heterocycles. The third kappa shape index (κ3) is 1.03. The lowest BCUT2D eigenvalue weighted by atomic mass is 10.1. The number of methoxy groups -OCH3 is 1. The van der Waals surface area contributed by atoms with Crippen molar-refractivity contribution < 1.29 is 14.3 Å². The van der Waals surface area contributed by atoms with Crippen LogP contribution in [0.25, 0.3) is 4.85 Å². The van der Waals surface area contributed by atoms with Crippen molar-refractivity contribution in [2.45, 2.75) is 6.23 Å². The summed E-state index contributed by atoms with van der Waals surface area (Å²) in [6.45, 7) is 6.86. The maximum Gasteiger partial charge on any atom is 0.396 e. The Hall–Kier alpha value is -2.02. The van der Waals surface area contributed by atoms with Gasteiger partial charge in [0.05, 0.1) is 12.7 Å². The van der Waals surface area contributed by atoms with E-state index in [1.807, 2.05) is 0 Å². The molecule has 1 atom stereocenters. The summed E-state index contributed by atoms with van der Waals surface area (Å²) in [5.41, 5.74) is 0.959. The number of carbonyl (C=O) groups excluding carboxylic acids is 1. The van der Waals surface area contributed by atoms with E-state index in [1.165, 1.54) is 7.11 Å². The van der Waals surface area contributed by atoms with Gasteiger partial charge in [-0.3, -0.25) is 4.85 Å². The molecule has 1 unspecified atom stereocenters. The molecule has 0 radical (unpaired) electrons. The zero-order chi connectivity index (χ0) is 10.1. The largest absolute Gasteiger partial charge is 0.496 e. The lowest BCUT2D eigenvalue weighted by Crippen LogP contribution is -1.97. The van der Waals surface area contributed by atoms with Gasteiger partial charge in [-0.05, 0) is 12.1 Å². The van der Waals surface area contributed by atoms with Gasteiger partial charge in [-0.25, -0.2) is 11.4 Å². The van der Waals surface area contributed by atoms with Crippen molar-refractivity contribution in [3.05, 3.63) is 40.7 Å². The van der Waals surface area contributed by atoms with Crippen LogP contribution in [-0.2, 0) is 4.74 Å². The predicted octanol–water partition coefficient (Wildman–Crippen LogP) is 1.78. The van der Waals surface area contributed by atoms with Crippen molar-refractivity contribution in [3.8, 4) is 5.75 Å². The van der Waals surface area contributed by atoms with Crippen LogP contribution in [0.5, 0.6) is 5.75 Å². The molecule has 4 heteroatoms. The van der Waals surface area contributed by atoms with Crippen molar-refractivity contribution in [1.29, 1.82) is 0 Å². The van der Waals surface area contributed by atoms with E-state index in [0.717, 1.165) is 0 Å². The first-order chi connectivity index (χ1) is 6.77. The third-order valence-corrected chi connectivity index (χ3v) is 2.08. The fraction of sp³-hybridized carbons (Fsp3) is 0.200. The van der Waals surface area contributed by atoms with Crippen LogP contribution in [0.3, 0.4) is 0 Å². The summed E-state index contributed by atoms with van der Waals surface area (Å²) in [6.07, 6.45) is -0.812. The highest BCUT2D eigenvalue weighted by Gasteiger charge is 2.37. The van der Waals surface area contributed by atoms with Crippen LogP contribution < -0.4 is 4.74 Å². The molecule has 0 fully saturated rings. The molecule has 0 spiro atoms. The molecule has 1 heterocycles. The number of hydrogen-bond acceptors (Lipinski definition) is 3. The molecule has 70 valence electrons. The Bertz CT molecular complexity index is 433. The maximum atomic E-state index is 11.4. The highest BCUT2D eigenvalue weighted by Crippen LogP contribution is 2.36. The van der Waals surface area contributed by atoms with Gasteiger partial charge in [-0.2, -0.15) is 0 Å². The Morgan fingerprint density at radius 1 is 1.57 bits per heavy atom. The van der Waals surface area contributed by atoms with Crippen LogP contribution in [-0.4, -0.2) is 13.1 Å². The van der Waals surface area contributed by atoms with E-state index in [1.54, 1.807) is 18.2 Å². The molecule has 1 aromatic rings. The molecule has 4 nitrogen and oxygen atoms in total. The Morgan fingerprint density at radius 2 is 2.36 bits per heavy atom. The molecular weight excluding hydrogens is 182 g/mol. The van der Waals surface area contributed by atoms with E-state index in [0.29, 0.717) is 16.9 Å². The number of fused-ring (bicyclic) bond motifs is 1. The summed E-state index contributed by atoms with van der Waals surface area (Å²) < 4.78 is 9.87. The van der Waals surface area contributed by atoms with E-state index in [4.69, 9.17) is 16.0 Å². The van der Waals surface area contributed by atoms with Gasteiger partial charge >= 0.3 is 12.2 Å². The van der Waals surface area contributed by atoms with E-state index < -0.39 is 12.2 Å². The second-order valence-corrected chi connectivity index (χ2v) is 2.81. The molecule has 1 aliphatic rings. The van der Waals surface area contributed by atoms with Crippen LogP contribution in [0.4, 0.5) is 0 Å². The highest BCUT2D eigenvalue weighted by molar-refractivity contribution is 5.97. The molecule has 0 N–H and O–H groups in total. The topological polar surface area (TPSA) is 39.9 Å². The van der Waals surface area contributed by atoms with Crippen molar-refractivity contribution in [1.82, 2.24) is 0 Å². The molecule has 0 aliphatic carbocycles. The molecule has 1 aromatic carbocycles. The highest BCUT2D eigenvalue weighted by atomic mass is 16.6. The van der Waals surface area contributed by atoms with E-state index in [2.05, 4.69) is 4.85 Å². The second kappa shape index (κ2) is 3.04. The number of nitrogens with zero attached hydrogens (tertiary/aromatic N) is 1. The van der Waals surface area contributed by atoms with Gasteiger partial charge in [0.2, 0.25) is 0 Å². The van der Waals surface area contributed by atoms with Crippen LogP contribution in [0.1, 0.15) is 22.1 Å². The lowest BCUT2D eigenvalue weighted by molar-refractivity contribution is 0.0462. The first kappa shape index (κ1) is 8.57. The number of carbonyl (C=O) groups is 1. The summed E-state index contributed by atoms with van der Waals surface area (Å²) >= 11 is 0. The number of benzene rings is 1. The van der Waals surface area contributed by atoms with Gasteiger partial charge < -0.3 is 9.47 Å². The average molecular weight is 189 g/mol. The van der Waals surface area contributed by atoms with Gasteiger partial charge in [0.1, 0.15) is 11.3 Å². The minimum Gasteiger partial charge on any atom is -0.496 e. The number of hydrogen-bond donors (Lipinski definition) is 0. The standard InChI is InChI=1S/C10H7NO3/c1-11-9-6-4-3-5-7(13-2)8(6)10(12)14-9/h3-5,9H,2H3. The Kier molecular flexibility index (Phi) is 1.86. The quantitative estimate of drug-likeness (QED) is 0.499. The smallest absolute Gasteiger partial charge is 0.396 e. The first-order valence-electron chi connectivity index (χ1n) is 4.02. The van der Waals surface area contributed by atoms with Gasteiger partial charge in [0.25, 0.3) is 0 Å². The minimum atomic E-state index is -0.812. The molecule has 0 aromatic heterocycles. The van der Waals surface area contributed by atoms with Crippen LogP contribution in [0.2, 0.25) is 0 Å². The number of rotatable bonds is 1.